The van der Waals surface area contributed by atoms with Crippen LogP contribution in [0.25, 0.3) is 0 Å². The van der Waals surface area contributed by atoms with Gasteiger partial charge in [-0.1, -0.05) is 6.92 Å². The number of nitriles is 1. The third-order valence-electron chi connectivity index (χ3n) is 1.47. The first-order chi connectivity index (χ1) is 6.26. The van der Waals surface area contributed by atoms with Crippen LogP contribution in [0.3, 0.4) is 0 Å². The molecule has 0 bridgehead atoms. The lowest BCUT2D eigenvalue weighted by Gasteiger charge is -2.01. The average Bonchev–Trinajstić information content (AvgIpc) is 2.18. The van der Waals surface area contributed by atoms with Gasteiger partial charge in [0.05, 0.1) is 17.4 Å². The predicted molar refractivity (Wildman–Crippen MR) is 47.9 cm³/mol. The summed E-state index contributed by atoms with van der Waals surface area (Å²) < 4.78 is 0. The van der Waals surface area contributed by atoms with Crippen molar-refractivity contribution in [3.8, 4) is 6.07 Å². The molecular formula is C9H9N3O. The summed E-state index contributed by atoms with van der Waals surface area (Å²) in [5.74, 6) is -0.0862. The molecule has 1 aromatic heterocycles. The van der Waals surface area contributed by atoms with Crippen LogP contribution in [0.5, 0.6) is 0 Å². The highest BCUT2D eigenvalue weighted by atomic mass is 16.1. The van der Waals surface area contributed by atoms with Crippen molar-refractivity contribution in [2.45, 2.75) is 13.3 Å². The summed E-state index contributed by atoms with van der Waals surface area (Å²) in [5, 5.41) is 11.2. The fourth-order valence-electron chi connectivity index (χ4n) is 0.819. The summed E-state index contributed by atoms with van der Waals surface area (Å²) in [6.45, 7) is 1.76. The van der Waals surface area contributed by atoms with Crippen LogP contribution in [-0.4, -0.2) is 10.9 Å². The molecule has 1 aromatic rings. The van der Waals surface area contributed by atoms with Gasteiger partial charge in [0.2, 0.25) is 5.91 Å². The highest BCUT2D eigenvalue weighted by Crippen LogP contribution is 2.07. The maximum atomic E-state index is 11.0. The van der Waals surface area contributed by atoms with Gasteiger partial charge in [-0.3, -0.25) is 9.78 Å². The van der Waals surface area contributed by atoms with Crippen molar-refractivity contribution in [2.24, 2.45) is 0 Å². The van der Waals surface area contributed by atoms with E-state index < -0.39 is 0 Å². The molecule has 4 nitrogen and oxygen atoms in total. The van der Waals surface area contributed by atoms with E-state index in [0.29, 0.717) is 17.7 Å². The van der Waals surface area contributed by atoms with E-state index in [1.165, 1.54) is 12.4 Å². The Labute approximate surface area is 76.2 Å². The van der Waals surface area contributed by atoms with Gasteiger partial charge in [0.1, 0.15) is 6.07 Å². The first-order valence-corrected chi connectivity index (χ1v) is 3.91. The Balaban J connectivity index is 2.79. The minimum atomic E-state index is -0.0862. The van der Waals surface area contributed by atoms with E-state index in [-0.39, 0.29) is 5.91 Å². The zero-order valence-corrected chi connectivity index (χ0v) is 7.24. The molecule has 0 saturated heterocycles. The molecule has 66 valence electrons. The number of aromatic nitrogens is 1. The van der Waals surface area contributed by atoms with Crippen LogP contribution in [0, 0.1) is 11.3 Å². The fraction of sp³-hybridized carbons (Fsp3) is 0.222. The molecule has 0 fully saturated rings. The quantitative estimate of drug-likeness (QED) is 0.736. The van der Waals surface area contributed by atoms with Crippen molar-refractivity contribution in [3.05, 3.63) is 24.0 Å². The van der Waals surface area contributed by atoms with Gasteiger partial charge in [0.15, 0.2) is 0 Å². The molecule has 0 spiro atoms. The molecule has 0 aromatic carbocycles. The number of carbonyl (C=O) groups is 1. The highest BCUT2D eigenvalue weighted by molar-refractivity contribution is 5.90. The van der Waals surface area contributed by atoms with Crippen LogP contribution < -0.4 is 5.32 Å². The SMILES string of the molecule is CCC(=O)Nc1cncc(C#N)c1. The van der Waals surface area contributed by atoms with Crippen molar-refractivity contribution >= 4 is 11.6 Å². The number of hydrogen-bond acceptors (Lipinski definition) is 3. The second kappa shape index (κ2) is 4.21. The van der Waals surface area contributed by atoms with Crippen molar-refractivity contribution in [3.63, 3.8) is 0 Å². The van der Waals surface area contributed by atoms with Gasteiger partial charge in [0.25, 0.3) is 0 Å². The molecule has 4 heteroatoms. The molecule has 0 saturated carbocycles. The zero-order valence-electron chi connectivity index (χ0n) is 7.24. The van der Waals surface area contributed by atoms with Crippen LogP contribution >= 0.6 is 0 Å². The number of anilines is 1. The van der Waals surface area contributed by atoms with E-state index in [2.05, 4.69) is 10.3 Å². The number of nitrogens with zero attached hydrogens (tertiary/aromatic N) is 2. The van der Waals surface area contributed by atoms with Crippen LogP contribution in [0.1, 0.15) is 18.9 Å². The van der Waals surface area contributed by atoms with E-state index in [1.807, 2.05) is 6.07 Å². The van der Waals surface area contributed by atoms with Gasteiger partial charge in [-0.25, -0.2) is 0 Å². The van der Waals surface area contributed by atoms with E-state index in [4.69, 9.17) is 5.26 Å². The minimum absolute atomic E-state index is 0.0862. The van der Waals surface area contributed by atoms with E-state index >= 15 is 0 Å². The van der Waals surface area contributed by atoms with Gasteiger partial charge < -0.3 is 5.32 Å². The van der Waals surface area contributed by atoms with Crippen molar-refractivity contribution in [2.75, 3.05) is 5.32 Å². The van der Waals surface area contributed by atoms with Gasteiger partial charge in [-0.05, 0) is 6.07 Å². The first kappa shape index (κ1) is 9.20. The molecule has 0 unspecified atom stereocenters. The number of rotatable bonds is 2. The zero-order chi connectivity index (χ0) is 9.68. The number of pyridine rings is 1. The standard InChI is InChI=1S/C9H9N3O/c1-2-9(13)12-8-3-7(4-10)5-11-6-8/h3,5-6H,2H2,1H3,(H,12,13). The smallest absolute Gasteiger partial charge is 0.224 e. The molecule has 13 heavy (non-hydrogen) atoms. The van der Waals surface area contributed by atoms with Crippen LogP contribution in [-0.2, 0) is 4.79 Å². The van der Waals surface area contributed by atoms with Gasteiger partial charge in [0, 0.05) is 12.6 Å². The second-order valence-corrected chi connectivity index (χ2v) is 2.48. The van der Waals surface area contributed by atoms with Crippen LogP contribution in [0.15, 0.2) is 18.5 Å². The van der Waals surface area contributed by atoms with E-state index in [9.17, 15) is 4.79 Å². The molecule has 1 rings (SSSR count). The van der Waals surface area contributed by atoms with Gasteiger partial charge >= 0.3 is 0 Å². The fourth-order valence-corrected chi connectivity index (χ4v) is 0.819. The maximum Gasteiger partial charge on any atom is 0.224 e. The summed E-state index contributed by atoms with van der Waals surface area (Å²) in [5.41, 5.74) is 1.000. The summed E-state index contributed by atoms with van der Waals surface area (Å²) in [7, 11) is 0. The molecule has 1 N–H and O–H groups in total. The van der Waals surface area contributed by atoms with E-state index in [1.54, 1.807) is 13.0 Å². The van der Waals surface area contributed by atoms with Crippen molar-refractivity contribution in [1.82, 2.24) is 4.98 Å². The predicted octanol–water partition coefficient (Wildman–Crippen LogP) is 1.30. The lowest BCUT2D eigenvalue weighted by atomic mass is 10.3. The molecule has 1 amide bonds. The first-order valence-electron chi connectivity index (χ1n) is 3.91. The number of carbonyl (C=O) groups excluding carboxylic acids is 1. The highest BCUT2D eigenvalue weighted by Gasteiger charge is 1.99. The summed E-state index contributed by atoms with van der Waals surface area (Å²) in [6, 6.07) is 3.53. The van der Waals surface area contributed by atoms with Crippen molar-refractivity contribution < 1.29 is 4.79 Å². The van der Waals surface area contributed by atoms with Gasteiger partial charge in [-0.2, -0.15) is 5.26 Å². The number of amides is 1. The van der Waals surface area contributed by atoms with Crippen LogP contribution in [0.2, 0.25) is 0 Å². The number of nitrogens with one attached hydrogen (secondary N) is 1. The Kier molecular flexibility index (Phi) is 2.98. The summed E-state index contributed by atoms with van der Waals surface area (Å²) >= 11 is 0. The molecule has 0 aliphatic rings. The average molecular weight is 175 g/mol. The Bertz CT molecular complexity index is 354. The lowest BCUT2D eigenvalue weighted by molar-refractivity contribution is -0.115. The Morgan fingerprint density at radius 1 is 1.69 bits per heavy atom. The Morgan fingerprint density at radius 3 is 3.08 bits per heavy atom. The largest absolute Gasteiger partial charge is 0.325 e. The lowest BCUT2D eigenvalue weighted by Crippen LogP contribution is -2.09. The van der Waals surface area contributed by atoms with E-state index in [0.717, 1.165) is 0 Å². The van der Waals surface area contributed by atoms with Crippen molar-refractivity contribution in [1.29, 1.82) is 5.26 Å². The third kappa shape index (κ3) is 2.56. The van der Waals surface area contributed by atoms with Gasteiger partial charge in [-0.15, -0.1) is 0 Å². The molecule has 0 aliphatic carbocycles. The Hall–Kier alpha value is -1.89. The number of hydrogen-bond donors (Lipinski definition) is 1. The topological polar surface area (TPSA) is 65.8 Å². The Morgan fingerprint density at radius 2 is 2.46 bits per heavy atom. The second-order valence-electron chi connectivity index (χ2n) is 2.48. The monoisotopic (exact) mass is 175 g/mol. The molecule has 0 aliphatic heterocycles. The minimum Gasteiger partial charge on any atom is -0.325 e. The summed E-state index contributed by atoms with van der Waals surface area (Å²) in [4.78, 5) is 14.8. The molecule has 1 heterocycles. The molecular weight excluding hydrogens is 166 g/mol. The van der Waals surface area contributed by atoms with Crippen LogP contribution in [0.4, 0.5) is 5.69 Å². The normalized spacial score (nSPS) is 8.92. The summed E-state index contributed by atoms with van der Waals surface area (Å²) in [6.07, 6.45) is 3.37. The third-order valence-corrected chi connectivity index (χ3v) is 1.47. The molecule has 0 atom stereocenters. The molecule has 0 radical (unpaired) electrons. The maximum absolute atomic E-state index is 11.0.